The highest BCUT2D eigenvalue weighted by Gasteiger charge is 2.28. The molecule has 0 aromatic heterocycles. The molecule has 2 aromatic carbocycles. The molecule has 3 rings (SSSR count). The molecule has 0 amide bonds. The number of nitrogens with one attached hydrogen (secondary N) is 2. The lowest BCUT2D eigenvalue weighted by atomic mass is 9.82. The maximum atomic E-state index is 12.1. The summed E-state index contributed by atoms with van der Waals surface area (Å²) in [4.78, 5) is 7.39. The van der Waals surface area contributed by atoms with Gasteiger partial charge in [0.15, 0.2) is 5.96 Å². The molecule has 31 heavy (non-hydrogen) atoms. The second-order valence-corrected chi connectivity index (χ2v) is 9.64. The van der Waals surface area contributed by atoms with Crippen molar-refractivity contribution in [2.24, 2.45) is 10.9 Å². The molecule has 0 bridgehead atoms. The molecular formula is C23H33IN4O2S. The van der Waals surface area contributed by atoms with E-state index in [1.54, 1.807) is 18.2 Å². The summed E-state index contributed by atoms with van der Waals surface area (Å²) in [7, 11) is -2.03. The highest BCUT2D eigenvalue weighted by Crippen LogP contribution is 2.32. The number of sulfonamides is 1. The minimum absolute atomic E-state index is 0. The lowest BCUT2D eigenvalue weighted by Gasteiger charge is -2.39. The maximum Gasteiger partial charge on any atom is 0.240 e. The number of rotatable bonds is 6. The van der Waals surface area contributed by atoms with Gasteiger partial charge in [-0.15, -0.1) is 24.0 Å². The molecule has 0 aliphatic carbocycles. The first-order valence-corrected chi connectivity index (χ1v) is 12.0. The van der Waals surface area contributed by atoms with Crippen LogP contribution in [0.2, 0.25) is 0 Å². The Morgan fingerprint density at radius 1 is 1.16 bits per heavy atom. The molecule has 6 nitrogen and oxygen atoms in total. The third-order valence-corrected chi connectivity index (χ3v) is 7.07. The molecule has 2 aromatic rings. The predicted octanol–water partition coefficient (Wildman–Crippen LogP) is 3.80. The minimum atomic E-state index is -3.45. The standard InChI is InChI=1S/C23H32N4O2S.HI/c1-4-25-23(26-16-19-9-8-12-21(15-19)30(28,29)24-3)27-14-13-22(18(2)17-27)20-10-6-5-7-11-20;/h5-12,15,18,22,24H,4,13-14,16-17H2,1-3H3,(H,25,26);1H. The van der Waals surface area contributed by atoms with Crippen LogP contribution in [0.5, 0.6) is 0 Å². The molecule has 2 unspecified atom stereocenters. The van der Waals surface area contributed by atoms with Crippen LogP contribution in [0.4, 0.5) is 0 Å². The summed E-state index contributed by atoms with van der Waals surface area (Å²) in [5.74, 6) is 1.97. The molecule has 0 radical (unpaired) electrons. The van der Waals surface area contributed by atoms with E-state index in [0.717, 1.165) is 37.6 Å². The Bertz CT molecular complexity index is 967. The van der Waals surface area contributed by atoms with Crippen LogP contribution in [-0.4, -0.2) is 46.0 Å². The second kappa shape index (κ2) is 11.8. The monoisotopic (exact) mass is 556 g/mol. The second-order valence-electron chi connectivity index (χ2n) is 7.75. The van der Waals surface area contributed by atoms with Crippen molar-refractivity contribution >= 4 is 40.0 Å². The molecule has 2 atom stereocenters. The minimum Gasteiger partial charge on any atom is -0.357 e. The van der Waals surface area contributed by atoms with Gasteiger partial charge in [0.25, 0.3) is 0 Å². The molecule has 0 saturated carbocycles. The Kier molecular flexibility index (Phi) is 9.77. The van der Waals surface area contributed by atoms with E-state index < -0.39 is 10.0 Å². The van der Waals surface area contributed by atoms with Gasteiger partial charge in [-0.05, 0) is 55.5 Å². The van der Waals surface area contributed by atoms with Crippen LogP contribution >= 0.6 is 24.0 Å². The van der Waals surface area contributed by atoms with Crippen molar-refractivity contribution in [2.75, 3.05) is 26.7 Å². The zero-order valence-corrected chi connectivity index (χ0v) is 21.6. The van der Waals surface area contributed by atoms with Crippen LogP contribution in [0, 0.1) is 5.92 Å². The average molecular weight is 557 g/mol. The average Bonchev–Trinajstić information content (AvgIpc) is 2.77. The van der Waals surface area contributed by atoms with Gasteiger partial charge >= 0.3 is 0 Å². The first kappa shape index (κ1) is 25.6. The first-order valence-electron chi connectivity index (χ1n) is 10.5. The van der Waals surface area contributed by atoms with E-state index >= 15 is 0 Å². The summed E-state index contributed by atoms with van der Waals surface area (Å²) in [6.45, 7) is 7.49. The molecule has 0 spiro atoms. The summed E-state index contributed by atoms with van der Waals surface area (Å²) >= 11 is 0. The molecule has 2 N–H and O–H groups in total. The number of nitrogens with zero attached hydrogens (tertiary/aromatic N) is 2. The van der Waals surface area contributed by atoms with Crippen LogP contribution < -0.4 is 10.0 Å². The zero-order chi connectivity index (χ0) is 21.6. The summed E-state index contributed by atoms with van der Waals surface area (Å²) in [5.41, 5.74) is 2.28. The molecule has 1 heterocycles. The maximum absolute atomic E-state index is 12.1. The van der Waals surface area contributed by atoms with Crippen molar-refractivity contribution in [3.8, 4) is 0 Å². The summed E-state index contributed by atoms with van der Waals surface area (Å²) in [5, 5.41) is 3.40. The van der Waals surface area contributed by atoms with Crippen LogP contribution in [0.1, 0.15) is 37.3 Å². The Hall–Kier alpha value is -1.65. The lowest BCUT2D eigenvalue weighted by molar-refractivity contribution is 0.234. The van der Waals surface area contributed by atoms with Crippen molar-refractivity contribution < 1.29 is 8.42 Å². The van der Waals surface area contributed by atoms with E-state index in [4.69, 9.17) is 4.99 Å². The van der Waals surface area contributed by atoms with Crippen LogP contribution in [0.25, 0.3) is 0 Å². The van der Waals surface area contributed by atoms with Crippen molar-refractivity contribution in [2.45, 2.75) is 37.6 Å². The molecule has 8 heteroatoms. The number of hydrogen-bond acceptors (Lipinski definition) is 3. The highest BCUT2D eigenvalue weighted by molar-refractivity contribution is 14.0. The van der Waals surface area contributed by atoms with Crippen LogP contribution in [-0.2, 0) is 16.6 Å². The van der Waals surface area contributed by atoms with Gasteiger partial charge in [-0.3, -0.25) is 0 Å². The van der Waals surface area contributed by atoms with Gasteiger partial charge in [0.05, 0.1) is 11.4 Å². The van der Waals surface area contributed by atoms with Gasteiger partial charge in [-0.1, -0.05) is 49.4 Å². The van der Waals surface area contributed by atoms with E-state index in [9.17, 15) is 8.42 Å². The van der Waals surface area contributed by atoms with Gasteiger partial charge in [0, 0.05) is 19.6 Å². The summed E-state index contributed by atoms with van der Waals surface area (Å²) in [6.07, 6.45) is 1.09. The van der Waals surface area contributed by atoms with Gasteiger partial charge in [0.1, 0.15) is 0 Å². The Balaban J connectivity index is 0.00000341. The first-order chi connectivity index (χ1) is 14.4. The number of likely N-dealkylation sites (tertiary alicyclic amines) is 1. The van der Waals surface area contributed by atoms with Gasteiger partial charge < -0.3 is 10.2 Å². The van der Waals surface area contributed by atoms with E-state index in [1.807, 2.05) is 6.07 Å². The number of benzene rings is 2. The van der Waals surface area contributed by atoms with E-state index in [0.29, 0.717) is 18.4 Å². The predicted molar refractivity (Wildman–Crippen MR) is 137 cm³/mol. The molecule has 170 valence electrons. The molecule has 1 saturated heterocycles. The topological polar surface area (TPSA) is 73.8 Å². The summed E-state index contributed by atoms with van der Waals surface area (Å²) in [6, 6.07) is 17.7. The molecule has 1 fully saturated rings. The number of halogens is 1. The van der Waals surface area contributed by atoms with Gasteiger partial charge in [0.2, 0.25) is 10.0 Å². The third kappa shape index (κ3) is 6.66. The zero-order valence-electron chi connectivity index (χ0n) is 18.4. The van der Waals surface area contributed by atoms with Crippen molar-refractivity contribution in [3.05, 3.63) is 65.7 Å². The van der Waals surface area contributed by atoms with E-state index in [1.165, 1.54) is 12.6 Å². The van der Waals surface area contributed by atoms with Crippen molar-refractivity contribution in [1.29, 1.82) is 0 Å². The largest absolute Gasteiger partial charge is 0.357 e. The quantitative estimate of drug-likeness (QED) is 0.323. The molecule has 1 aliphatic rings. The van der Waals surface area contributed by atoms with Gasteiger partial charge in [-0.2, -0.15) is 0 Å². The van der Waals surface area contributed by atoms with Crippen molar-refractivity contribution in [1.82, 2.24) is 14.9 Å². The van der Waals surface area contributed by atoms with Gasteiger partial charge in [-0.25, -0.2) is 18.1 Å². The number of piperidine rings is 1. The van der Waals surface area contributed by atoms with E-state index in [2.05, 4.69) is 59.1 Å². The van der Waals surface area contributed by atoms with Crippen LogP contribution in [0.3, 0.4) is 0 Å². The molecular weight excluding hydrogens is 523 g/mol. The fourth-order valence-corrected chi connectivity index (χ4v) is 4.85. The fraction of sp³-hybridized carbons (Fsp3) is 0.435. The SMILES string of the molecule is CCNC(=NCc1cccc(S(=O)(=O)NC)c1)N1CCC(c2ccccc2)C(C)C1.I. The Morgan fingerprint density at radius 3 is 2.55 bits per heavy atom. The van der Waals surface area contributed by atoms with Crippen molar-refractivity contribution in [3.63, 3.8) is 0 Å². The fourth-order valence-electron chi connectivity index (χ4n) is 4.05. The third-order valence-electron chi connectivity index (χ3n) is 5.66. The molecule has 1 aliphatic heterocycles. The number of guanidine groups is 1. The normalized spacial score (nSPS) is 19.6. The summed E-state index contributed by atoms with van der Waals surface area (Å²) < 4.78 is 26.5. The number of aliphatic imine (C=N–C) groups is 1. The number of hydrogen-bond donors (Lipinski definition) is 2. The van der Waals surface area contributed by atoms with Crippen LogP contribution in [0.15, 0.2) is 64.5 Å². The highest BCUT2D eigenvalue weighted by atomic mass is 127. The lowest BCUT2D eigenvalue weighted by Crippen LogP contribution is -2.48. The Morgan fingerprint density at radius 2 is 1.90 bits per heavy atom. The smallest absolute Gasteiger partial charge is 0.240 e. The Labute approximate surface area is 203 Å². The van der Waals surface area contributed by atoms with E-state index in [-0.39, 0.29) is 28.9 Å².